The van der Waals surface area contributed by atoms with Crippen LogP contribution in [0.25, 0.3) is 0 Å². The van der Waals surface area contributed by atoms with Crippen LogP contribution in [0.5, 0.6) is 0 Å². The molecule has 0 fully saturated rings. The number of pyridine rings is 1. The first-order valence-electron chi connectivity index (χ1n) is 2.82. The Balaban J connectivity index is 3.17. The Bertz CT molecular complexity index is 281. The van der Waals surface area contributed by atoms with E-state index in [1.807, 2.05) is 0 Å². The van der Waals surface area contributed by atoms with Gasteiger partial charge in [-0.2, -0.15) is 0 Å². The number of anilines is 1. The van der Waals surface area contributed by atoms with Crippen molar-refractivity contribution in [2.75, 3.05) is 5.73 Å². The molecule has 1 aromatic heterocycles. The van der Waals surface area contributed by atoms with Crippen molar-refractivity contribution in [1.82, 2.24) is 4.98 Å². The highest BCUT2D eigenvalue weighted by Crippen LogP contribution is 2.03. The highest BCUT2D eigenvalue weighted by molar-refractivity contribution is 7.71. The summed E-state index contributed by atoms with van der Waals surface area (Å²) in [5.41, 5.74) is 6.64. The monoisotopic (exact) mass is 156 g/mol. The minimum absolute atomic E-state index is 0.0378. The number of rotatable bonds is 1. The van der Waals surface area contributed by atoms with Crippen molar-refractivity contribution in [3.05, 3.63) is 22.5 Å². The quantitative estimate of drug-likeness (QED) is 0.527. The average molecular weight is 156 g/mol. The molecule has 1 heterocycles. The number of aliphatic hydroxyl groups excluding tert-OH is 1. The molecule has 0 aliphatic rings. The van der Waals surface area contributed by atoms with Crippen LogP contribution in [0.15, 0.2) is 12.1 Å². The smallest absolute Gasteiger partial charge is 0.126 e. The van der Waals surface area contributed by atoms with Crippen molar-refractivity contribution in [2.24, 2.45) is 0 Å². The Labute approximate surface area is 63.5 Å². The standard InChI is InChI=1S/C6H8N2OS/c7-5-2-1-4(3-9)8-6(5)10/h1-2,9H,3,7H2,(H,8,10). The lowest BCUT2D eigenvalue weighted by atomic mass is 10.3. The van der Waals surface area contributed by atoms with E-state index in [1.54, 1.807) is 12.1 Å². The second-order valence-corrected chi connectivity index (χ2v) is 2.33. The molecule has 4 N–H and O–H groups in total. The van der Waals surface area contributed by atoms with Gasteiger partial charge >= 0.3 is 0 Å². The molecule has 0 saturated carbocycles. The second-order valence-electron chi connectivity index (χ2n) is 1.93. The first kappa shape index (κ1) is 7.24. The van der Waals surface area contributed by atoms with E-state index in [1.165, 1.54) is 0 Å². The highest BCUT2D eigenvalue weighted by atomic mass is 32.1. The molecule has 54 valence electrons. The predicted octanol–water partition coefficient (Wildman–Crippen LogP) is 0.819. The van der Waals surface area contributed by atoms with Gasteiger partial charge in [0.05, 0.1) is 12.3 Å². The SMILES string of the molecule is Nc1ccc(CO)[nH]c1=S. The molecule has 0 aliphatic carbocycles. The normalized spacial score (nSPS) is 9.70. The van der Waals surface area contributed by atoms with Gasteiger partial charge in [0, 0.05) is 5.69 Å². The number of hydrogen-bond donors (Lipinski definition) is 3. The third kappa shape index (κ3) is 1.34. The summed E-state index contributed by atoms with van der Waals surface area (Å²) in [7, 11) is 0. The highest BCUT2D eigenvalue weighted by Gasteiger charge is 1.90. The van der Waals surface area contributed by atoms with Gasteiger partial charge in [-0.3, -0.25) is 0 Å². The van der Waals surface area contributed by atoms with E-state index < -0.39 is 0 Å². The summed E-state index contributed by atoms with van der Waals surface area (Å²) in [6, 6.07) is 3.37. The van der Waals surface area contributed by atoms with Crippen molar-refractivity contribution in [1.29, 1.82) is 0 Å². The molecule has 0 atom stereocenters. The van der Waals surface area contributed by atoms with Crippen LogP contribution in [-0.4, -0.2) is 10.1 Å². The van der Waals surface area contributed by atoms with Gasteiger partial charge < -0.3 is 15.8 Å². The van der Waals surface area contributed by atoms with Crippen molar-refractivity contribution in [2.45, 2.75) is 6.61 Å². The Kier molecular flexibility index (Phi) is 2.03. The maximum atomic E-state index is 8.63. The zero-order valence-corrected chi connectivity index (χ0v) is 6.11. The first-order chi connectivity index (χ1) is 4.74. The van der Waals surface area contributed by atoms with Crippen LogP contribution in [0.4, 0.5) is 5.69 Å². The number of nitrogens with one attached hydrogen (secondary N) is 1. The molecular formula is C6H8N2OS. The van der Waals surface area contributed by atoms with E-state index in [0.29, 0.717) is 16.0 Å². The third-order valence-corrected chi connectivity index (χ3v) is 1.51. The maximum Gasteiger partial charge on any atom is 0.126 e. The van der Waals surface area contributed by atoms with Gasteiger partial charge in [-0.15, -0.1) is 0 Å². The molecule has 0 saturated heterocycles. The molecule has 0 aliphatic heterocycles. The van der Waals surface area contributed by atoms with Gasteiger partial charge in [-0.25, -0.2) is 0 Å². The number of H-pyrrole nitrogens is 1. The summed E-state index contributed by atoms with van der Waals surface area (Å²) in [6.45, 7) is -0.0378. The van der Waals surface area contributed by atoms with Crippen molar-refractivity contribution in [3.8, 4) is 0 Å². The van der Waals surface area contributed by atoms with Crippen LogP contribution in [0, 0.1) is 4.64 Å². The van der Waals surface area contributed by atoms with Gasteiger partial charge in [0.1, 0.15) is 4.64 Å². The number of hydrogen-bond acceptors (Lipinski definition) is 3. The van der Waals surface area contributed by atoms with Gasteiger partial charge in [0.25, 0.3) is 0 Å². The first-order valence-corrected chi connectivity index (χ1v) is 3.23. The molecular weight excluding hydrogens is 148 g/mol. The average Bonchev–Trinajstić information content (AvgIpc) is 1.95. The summed E-state index contributed by atoms with van der Waals surface area (Å²) >= 11 is 4.82. The van der Waals surface area contributed by atoms with Gasteiger partial charge in [-0.1, -0.05) is 12.2 Å². The summed E-state index contributed by atoms with van der Waals surface area (Å²) in [5.74, 6) is 0. The third-order valence-electron chi connectivity index (χ3n) is 1.17. The summed E-state index contributed by atoms with van der Waals surface area (Å²) < 4.78 is 0.478. The Hall–Kier alpha value is -0.870. The fourth-order valence-corrected chi connectivity index (χ4v) is 0.817. The van der Waals surface area contributed by atoms with E-state index in [-0.39, 0.29) is 6.61 Å². The predicted molar refractivity (Wildman–Crippen MR) is 42.0 cm³/mol. The zero-order valence-electron chi connectivity index (χ0n) is 5.29. The minimum Gasteiger partial charge on any atom is -0.396 e. The fourth-order valence-electron chi connectivity index (χ4n) is 0.618. The molecule has 10 heavy (non-hydrogen) atoms. The lowest BCUT2D eigenvalue weighted by Gasteiger charge is -1.96. The van der Waals surface area contributed by atoms with Crippen LogP contribution in [0.1, 0.15) is 5.69 Å². The number of aromatic amines is 1. The van der Waals surface area contributed by atoms with E-state index in [9.17, 15) is 0 Å². The fraction of sp³-hybridized carbons (Fsp3) is 0.167. The molecule has 1 aromatic rings. The Morgan fingerprint density at radius 1 is 1.60 bits per heavy atom. The van der Waals surface area contributed by atoms with Crippen molar-refractivity contribution >= 4 is 17.9 Å². The van der Waals surface area contributed by atoms with E-state index >= 15 is 0 Å². The number of aliphatic hydroxyl groups is 1. The molecule has 0 bridgehead atoms. The van der Waals surface area contributed by atoms with Gasteiger partial charge in [0.15, 0.2) is 0 Å². The topological polar surface area (TPSA) is 62.0 Å². The number of nitrogens with two attached hydrogens (primary N) is 1. The van der Waals surface area contributed by atoms with E-state index in [0.717, 1.165) is 0 Å². The summed E-state index contributed by atoms with van der Waals surface area (Å²) in [4.78, 5) is 2.77. The molecule has 0 aromatic carbocycles. The molecule has 0 amide bonds. The van der Waals surface area contributed by atoms with E-state index in [4.69, 9.17) is 23.1 Å². The zero-order chi connectivity index (χ0) is 7.56. The number of nitrogen functional groups attached to an aromatic ring is 1. The van der Waals surface area contributed by atoms with Crippen LogP contribution in [-0.2, 0) is 6.61 Å². The largest absolute Gasteiger partial charge is 0.396 e. The summed E-state index contributed by atoms with van der Waals surface area (Å²) in [5, 5.41) is 8.63. The minimum atomic E-state index is -0.0378. The molecule has 4 heteroatoms. The molecule has 3 nitrogen and oxygen atoms in total. The summed E-state index contributed by atoms with van der Waals surface area (Å²) in [6.07, 6.45) is 0. The molecule has 0 radical (unpaired) electrons. The van der Waals surface area contributed by atoms with Gasteiger partial charge in [-0.05, 0) is 12.1 Å². The number of aromatic nitrogens is 1. The molecule has 0 spiro atoms. The van der Waals surface area contributed by atoms with Crippen LogP contribution in [0.2, 0.25) is 0 Å². The molecule has 1 rings (SSSR count). The van der Waals surface area contributed by atoms with Crippen molar-refractivity contribution < 1.29 is 5.11 Å². The second kappa shape index (κ2) is 2.81. The van der Waals surface area contributed by atoms with Crippen LogP contribution < -0.4 is 5.73 Å². The van der Waals surface area contributed by atoms with E-state index in [2.05, 4.69) is 4.98 Å². The maximum absolute atomic E-state index is 8.63. The van der Waals surface area contributed by atoms with Crippen LogP contribution >= 0.6 is 12.2 Å². The van der Waals surface area contributed by atoms with Crippen LogP contribution in [0.3, 0.4) is 0 Å². The lowest BCUT2D eigenvalue weighted by molar-refractivity contribution is 0.277. The lowest BCUT2D eigenvalue weighted by Crippen LogP contribution is -1.93. The molecule has 0 unspecified atom stereocenters. The Morgan fingerprint density at radius 2 is 2.30 bits per heavy atom. The van der Waals surface area contributed by atoms with Gasteiger partial charge in [0.2, 0.25) is 0 Å². The van der Waals surface area contributed by atoms with Crippen molar-refractivity contribution in [3.63, 3.8) is 0 Å². The Morgan fingerprint density at radius 3 is 2.80 bits per heavy atom.